The lowest BCUT2D eigenvalue weighted by Gasteiger charge is -2.10. The van der Waals surface area contributed by atoms with Gasteiger partial charge in [0.25, 0.3) is 0 Å². The van der Waals surface area contributed by atoms with Gasteiger partial charge in [0.15, 0.2) is 0 Å². The number of hydrogen-bond donors (Lipinski definition) is 1. The molecule has 1 N–H and O–H groups in total. The van der Waals surface area contributed by atoms with E-state index in [0.717, 1.165) is 21.9 Å². The van der Waals surface area contributed by atoms with Gasteiger partial charge in [0.2, 0.25) is 0 Å². The number of hydrogen-bond acceptors (Lipinski definition) is 8. The summed E-state index contributed by atoms with van der Waals surface area (Å²) >= 11 is 5.03. The van der Waals surface area contributed by atoms with Crippen LogP contribution in [-0.2, 0) is 24.1 Å². The largest absolute Gasteiger partial charge is 0.506 e. The molecule has 33 heavy (non-hydrogen) atoms. The lowest BCUT2D eigenvalue weighted by atomic mass is 10.0. The number of aryl methyl sites for hydroxylation is 1. The van der Waals surface area contributed by atoms with Gasteiger partial charge in [0.1, 0.15) is 17.8 Å². The highest BCUT2D eigenvalue weighted by atomic mass is 79.9. The third kappa shape index (κ3) is 4.55. The van der Waals surface area contributed by atoms with Crippen molar-refractivity contribution < 1.29 is 19.4 Å². The van der Waals surface area contributed by atoms with Gasteiger partial charge in [-0.2, -0.15) is 0 Å². The third-order valence-corrected chi connectivity index (χ3v) is 6.89. The fraction of sp³-hybridized carbons (Fsp3) is 0.273. The number of aromatic nitrogens is 5. The van der Waals surface area contributed by atoms with E-state index in [1.165, 1.54) is 11.0 Å². The highest BCUT2D eigenvalue weighted by Gasteiger charge is 2.27. The van der Waals surface area contributed by atoms with Gasteiger partial charge in [0.05, 0.1) is 35.8 Å². The van der Waals surface area contributed by atoms with Crippen LogP contribution in [0.25, 0.3) is 10.9 Å². The number of benzene rings is 2. The van der Waals surface area contributed by atoms with Crippen molar-refractivity contribution in [3.05, 3.63) is 58.0 Å². The molecule has 0 aliphatic carbocycles. The smallest absolute Gasteiger partial charge is 0.340 e. The van der Waals surface area contributed by atoms with Gasteiger partial charge in [-0.15, -0.1) is 16.9 Å². The van der Waals surface area contributed by atoms with Crippen LogP contribution in [0.1, 0.15) is 28.5 Å². The molecular formula is C22H22BrN5O4S. The van der Waals surface area contributed by atoms with E-state index >= 15 is 0 Å². The number of carbonyl (C=O) groups is 1. The van der Waals surface area contributed by atoms with E-state index in [4.69, 9.17) is 9.47 Å². The Labute approximate surface area is 202 Å². The van der Waals surface area contributed by atoms with Crippen LogP contribution in [0.5, 0.6) is 11.5 Å². The van der Waals surface area contributed by atoms with Crippen molar-refractivity contribution in [3.63, 3.8) is 0 Å². The molecule has 0 saturated heterocycles. The molecule has 9 nitrogen and oxygen atoms in total. The molecule has 2 heterocycles. The summed E-state index contributed by atoms with van der Waals surface area (Å²) in [6.45, 7) is 2.20. The number of thioether (sulfide) groups is 1. The SMILES string of the molecule is CCOC(=O)c1c(CSc2ccc(OC)cc2)n(C)c2cc(Br)c(O)c(Cn3cnnn3)c12. The molecule has 0 spiro atoms. The Kier molecular flexibility index (Phi) is 6.89. The summed E-state index contributed by atoms with van der Waals surface area (Å²) in [6.07, 6.45) is 1.46. The van der Waals surface area contributed by atoms with Crippen LogP contribution in [0, 0.1) is 0 Å². The summed E-state index contributed by atoms with van der Waals surface area (Å²) in [6, 6.07) is 9.55. The molecule has 0 aliphatic heterocycles. The van der Waals surface area contributed by atoms with Gasteiger partial charge in [-0.05, 0) is 63.6 Å². The first-order chi connectivity index (χ1) is 15.9. The maximum Gasteiger partial charge on any atom is 0.340 e. The van der Waals surface area contributed by atoms with Crippen LogP contribution in [0.15, 0.2) is 46.0 Å². The molecule has 0 aliphatic rings. The molecule has 0 unspecified atom stereocenters. The molecule has 0 amide bonds. The zero-order chi connectivity index (χ0) is 23.5. The second-order valence-electron chi connectivity index (χ2n) is 7.15. The minimum Gasteiger partial charge on any atom is -0.506 e. The number of esters is 1. The Morgan fingerprint density at radius 2 is 2.03 bits per heavy atom. The summed E-state index contributed by atoms with van der Waals surface area (Å²) in [5, 5.41) is 22.7. The lowest BCUT2D eigenvalue weighted by Crippen LogP contribution is -2.09. The molecule has 4 rings (SSSR count). The summed E-state index contributed by atoms with van der Waals surface area (Å²) in [4.78, 5) is 14.2. The molecule has 0 radical (unpaired) electrons. The van der Waals surface area contributed by atoms with Crippen LogP contribution in [0.4, 0.5) is 0 Å². The molecule has 2 aromatic heterocycles. The van der Waals surface area contributed by atoms with Crippen LogP contribution in [0.3, 0.4) is 0 Å². The van der Waals surface area contributed by atoms with Crippen molar-refractivity contribution in [2.75, 3.05) is 13.7 Å². The van der Waals surface area contributed by atoms with Crippen molar-refractivity contribution in [1.29, 1.82) is 0 Å². The number of carbonyl (C=O) groups excluding carboxylic acids is 1. The van der Waals surface area contributed by atoms with Crippen molar-refractivity contribution in [1.82, 2.24) is 24.8 Å². The normalized spacial score (nSPS) is 11.2. The predicted octanol–water partition coefficient (Wildman–Crippen LogP) is 4.16. The fourth-order valence-electron chi connectivity index (χ4n) is 3.66. The highest BCUT2D eigenvalue weighted by molar-refractivity contribution is 9.10. The van der Waals surface area contributed by atoms with E-state index in [9.17, 15) is 9.90 Å². The number of nitrogens with zero attached hydrogens (tertiary/aromatic N) is 5. The van der Waals surface area contributed by atoms with Crippen LogP contribution < -0.4 is 4.74 Å². The average Bonchev–Trinajstić information content (AvgIpc) is 3.42. The Morgan fingerprint density at radius 3 is 2.67 bits per heavy atom. The first-order valence-corrected chi connectivity index (χ1v) is 11.9. The van der Waals surface area contributed by atoms with Crippen LogP contribution >= 0.6 is 27.7 Å². The number of halogens is 1. The van der Waals surface area contributed by atoms with E-state index in [0.29, 0.717) is 26.7 Å². The van der Waals surface area contributed by atoms with Gasteiger partial charge in [-0.1, -0.05) is 0 Å². The maximum atomic E-state index is 13.1. The molecule has 172 valence electrons. The molecule has 0 fully saturated rings. The third-order valence-electron chi connectivity index (χ3n) is 5.26. The number of methoxy groups -OCH3 is 1. The predicted molar refractivity (Wildman–Crippen MR) is 128 cm³/mol. The monoisotopic (exact) mass is 531 g/mol. The van der Waals surface area contributed by atoms with Gasteiger partial charge >= 0.3 is 5.97 Å². The van der Waals surface area contributed by atoms with E-state index in [1.807, 2.05) is 35.9 Å². The van der Waals surface area contributed by atoms with Crippen LogP contribution in [-0.4, -0.2) is 49.6 Å². The Hall–Kier alpha value is -3.05. The highest BCUT2D eigenvalue weighted by Crippen LogP contribution is 2.41. The quantitative estimate of drug-likeness (QED) is 0.267. The number of tetrazole rings is 1. The first kappa shape index (κ1) is 23.1. The van der Waals surface area contributed by atoms with Gasteiger partial charge < -0.3 is 19.1 Å². The number of phenols is 1. The van der Waals surface area contributed by atoms with Crippen molar-refractivity contribution >= 4 is 44.6 Å². The number of fused-ring (bicyclic) bond motifs is 1. The van der Waals surface area contributed by atoms with Gasteiger partial charge in [0, 0.05) is 34.3 Å². The number of rotatable bonds is 8. The topological polar surface area (TPSA) is 104 Å². The van der Waals surface area contributed by atoms with Crippen molar-refractivity contribution in [2.24, 2.45) is 7.05 Å². The van der Waals surface area contributed by atoms with Crippen molar-refractivity contribution in [2.45, 2.75) is 24.1 Å². The lowest BCUT2D eigenvalue weighted by molar-refractivity contribution is 0.0527. The molecule has 0 saturated carbocycles. The Bertz CT molecular complexity index is 1290. The summed E-state index contributed by atoms with van der Waals surface area (Å²) in [5.74, 6) is 0.898. The molecular weight excluding hydrogens is 510 g/mol. The van der Waals surface area contributed by atoms with E-state index < -0.39 is 5.97 Å². The standard InChI is InChI=1S/C22H22BrN5O4S/c1-4-32-22(30)20-18(11-33-14-7-5-13(31-3)6-8-14)27(2)17-9-16(23)21(29)15(19(17)20)10-28-12-24-25-26-28/h5-9,12,29H,4,10-11H2,1-3H3. The number of phenolic OH excluding ortho intramolecular Hbond substituents is 1. The molecule has 0 atom stereocenters. The minimum absolute atomic E-state index is 0.0310. The molecule has 0 bridgehead atoms. The minimum atomic E-state index is -0.437. The van der Waals surface area contributed by atoms with Gasteiger partial charge in [-0.25, -0.2) is 9.48 Å². The van der Waals surface area contributed by atoms with E-state index in [2.05, 4.69) is 31.5 Å². The van der Waals surface area contributed by atoms with Crippen LogP contribution in [0.2, 0.25) is 0 Å². The van der Waals surface area contributed by atoms with E-state index in [1.54, 1.807) is 31.9 Å². The molecule has 2 aromatic carbocycles. The number of ether oxygens (including phenoxy) is 2. The molecule has 4 aromatic rings. The first-order valence-electron chi connectivity index (χ1n) is 10.1. The maximum absolute atomic E-state index is 13.1. The van der Waals surface area contributed by atoms with Gasteiger partial charge in [-0.3, -0.25) is 0 Å². The zero-order valence-electron chi connectivity index (χ0n) is 18.3. The number of aromatic hydroxyl groups is 1. The molecule has 11 heteroatoms. The fourth-order valence-corrected chi connectivity index (χ4v) is 5.09. The average molecular weight is 532 g/mol. The second kappa shape index (κ2) is 9.84. The summed E-state index contributed by atoms with van der Waals surface area (Å²) in [5.41, 5.74) is 2.54. The summed E-state index contributed by atoms with van der Waals surface area (Å²) < 4.78 is 14.6. The van der Waals surface area contributed by atoms with E-state index in [-0.39, 0.29) is 18.9 Å². The Balaban J connectivity index is 1.85. The summed E-state index contributed by atoms with van der Waals surface area (Å²) in [7, 11) is 3.53. The zero-order valence-corrected chi connectivity index (χ0v) is 20.7. The Morgan fingerprint density at radius 1 is 1.27 bits per heavy atom. The van der Waals surface area contributed by atoms with Crippen molar-refractivity contribution in [3.8, 4) is 11.5 Å². The second-order valence-corrected chi connectivity index (χ2v) is 9.06.